The summed E-state index contributed by atoms with van der Waals surface area (Å²) in [5, 5.41) is 0. The second-order valence-corrected chi connectivity index (χ2v) is 30.4. The molecular formula is C77H111N13. The molecule has 0 unspecified atom stereocenters. The van der Waals surface area contributed by atoms with Crippen molar-refractivity contribution in [3.8, 4) is 24.7 Å². The largest absolute Gasteiger partial charge is 0.262 e. The fraction of sp³-hybridized carbons (Fsp3) is 0.494. The molecule has 0 aliphatic heterocycles. The van der Waals surface area contributed by atoms with Gasteiger partial charge in [-0.2, -0.15) is 0 Å². The first-order valence-electron chi connectivity index (χ1n) is 30.9. The van der Waals surface area contributed by atoms with Gasteiger partial charge in [0.1, 0.15) is 41.5 Å². The number of aryl methyl sites for hydroxylation is 6. The van der Waals surface area contributed by atoms with E-state index in [1.807, 2.05) is 95.8 Å². The Bertz CT molecular complexity index is 3120. The van der Waals surface area contributed by atoms with E-state index in [0.717, 1.165) is 68.7 Å². The van der Waals surface area contributed by atoms with Crippen molar-refractivity contribution in [2.24, 2.45) is 0 Å². The minimum atomic E-state index is -0.0349. The monoisotopic (exact) mass is 1220 g/mol. The minimum Gasteiger partial charge on any atom is -0.262 e. The molecule has 0 radical (unpaired) electrons. The van der Waals surface area contributed by atoms with Gasteiger partial charge in [0, 0.05) is 109 Å². The Morgan fingerprint density at radius 3 is 1.14 bits per heavy atom. The molecule has 8 heterocycles. The number of terminal acetylenes is 2. The highest BCUT2D eigenvalue weighted by molar-refractivity contribution is 5.29. The van der Waals surface area contributed by atoms with Gasteiger partial charge >= 0.3 is 0 Å². The van der Waals surface area contributed by atoms with E-state index < -0.39 is 0 Å². The number of aromatic nitrogens is 13. The summed E-state index contributed by atoms with van der Waals surface area (Å²) in [4.78, 5) is 54.4. The van der Waals surface area contributed by atoms with Crippen LogP contribution in [0.1, 0.15) is 257 Å². The van der Waals surface area contributed by atoms with Gasteiger partial charge in [-0.15, -0.1) is 12.8 Å². The third kappa shape index (κ3) is 31.9. The first kappa shape index (κ1) is 80.0. The summed E-state index contributed by atoms with van der Waals surface area (Å²) >= 11 is 0. The quantitative estimate of drug-likeness (QED) is 0.132. The molecular weight excluding hydrogens is 1110 g/mol. The topological polar surface area (TPSA) is 168 Å². The molecule has 0 atom stereocenters. The zero-order chi connectivity index (χ0) is 69.3. The second-order valence-electron chi connectivity index (χ2n) is 30.4. The maximum atomic E-state index is 5.22. The predicted molar refractivity (Wildman–Crippen MR) is 377 cm³/mol. The van der Waals surface area contributed by atoms with Crippen LogP contribution in [0.3, 0.4) is 0 Å². The molecule has 90 heavy (non-hydrogen) atoms. The van der Waals surface area contributed by atoms with E-state index in [1.54, 1.807) is 18.6 Å². The van der Waals surface area contributed by atoms with E-state index in [4.69, 9.17) is 12.8 Å². The van der Waals surface area contributed by atoms with Crippen LogP contribution < -0.4 is 0 Å². The highest BCUT2D eigenvalue weighted by atomic mass is 14.9. The summed E-state index contributed by atoms with van der Waals surface area (Å²) in [6, 6.07) is 24.0. The lowest BCUT2D eigenvalue weighted by Gasteiger charge is -2.20. The summed E-state index contributed by atoms with van der Waals surface area (Å²) in [5.74, 6) is 7.53. The molecule has 8 rings (SSSR count). The van der Waals surface area contributed by atoms with Gasteiger partial charge in [-0.25, -0.2) is 49.8 Å². The third-order valence-electron chi connectivity index (χ3n) is 12.9. The Kier molecular flexibility index (Phi) is 30.9. The molecule has 0 N–H and O–H groups in total. The minimum absolute atomic E-state index is 0.0349. The normalized spacial score (nSPS) is 11.4. The molecule has 0 amide bonds. The van der Waals surface area contributed by atoms with Crippen LogP contribution in [0, 0.1) is 66.2 Å². The Morgan fingerprint density at radius 1 is 0.300 bits per heavy atom. The van der Waals surface area contributed by atoms with Gasteiger partial charge in [0.2, 0.25) is 0 Å². The van der Waals surface area contributed by atoms with Gasteiger partial charge < -0.3 is 0 Å². The van der Waals surface area contributed by atoms with Gasteiger partial charge in [0.25, 0.3) is 0 Å². The van der Waals surface area contributed by atoms with E-state index in [9.17, 15) is 0 Å². The smallest absolute Gasteiger partial charge is 0.135 e. The molecule has 13 nitrogen and oxygen atoms in total. The van der Waals surface area contributed by atoms with Gasteiger partial charge in [-0.3, -0.25) is 15.0 Å². The predicted octanol–water partition coefficient (Wildman–Crippen LogP) is 17.8. The highest BCUT2D eigenvalue weighted by Crippen LogP contribution is 2.26. The molecule has 8 aromatic rings. The lowest BCUT2D eigenvalue weighted by molar-refractivity contribution is 0.543. The summed E-state index contributed by atoms with van der Waals surface area (Å²) in [6.45, 7) is 63.4. The third-order valence-corrected chi connectivity index (χ3v) is 12.9. The van der Waals surface area contributed by atoms with Crippen molar-refractivity contribution in [1.29, 1.82) is 0 Å². The molecule has 0 aliphatic carbocycles. The zero-order valence-electron chi connectivity index (χ0n) is 60.9. The van der Waals surface area contributed by atoms with Crippen LogP contribution in [-0.4, -0.2) is 64.8 Å². The van der Waals surface area contributed by atoms with E-state index in [1.165, 1.54) is 17.5 Å². The number of pyridine rings is 3. The number of hydrogen-bond donors (Lipinski definition) is 0. The first-order valence-corrected chi connectivity index (χ1v) is 30.9. The average Bonchev–Trinajstić information content (AvgIpc) is 1.83. The zero-order valence-corrected chi connectivity index (χ0v) is 60.9. The van der Waals surface area contributed by atoms with Crippen molar-refractivity contribution in [2.75, 3.05) is 0 Å². The van der Waals surface area contributed by atoms with Crippen molar-refractivity contribution >= 4 is 0 Å². The Hall–Kier alpha value is -8.03. The van der Waals surface area contributed by atoms with Gasteiger partial charge in [0.15, 0.2) is 0 Å². The maximum absolute atomic E-state index is 5.22. The molecule has 0 saturated carbocycles. The summed E-state index contributed by atoms with van der Waals surface area (Å²) in [7, 11) is 0. The molecule has 0 aliphatic rings. The first-order chi connectivity index (χ1) is 41.1. The molecule has 8 aromatic heterocycles. The van der Waals surface area contributed by atoms with Crippen LogP contribution in [0.5, 0.6) is 0 Å². The summed E-state index contributed by atoms with van der Waals surface area (Å²) in [5.41, 5.74) is 14.7. The van der Waals surface area contributed by atoms with Crippen LogP contribution in [0.25, 0.3) is 0 Å². The Morgan fingerprint density at radius 2 is 0.767 bits per heavy atom. The van der Waals surface area contributed by atoms with E-state index in [2.05, 4.69) is 280 Å². The summed E-state index contributed by atoms with van der Waals surface area (Å²) in [6.07, 6.45) is 22.6. The van der Waals surface area contributed by atoms with Crippen molar-refractivity contribution in [3.63, 3.8) is 0 Å². The van der Waals surface area contributed by atoms with Crippen LogP contribution in [0.2, 0.25) is 0 Å². The van der Waals surface area contributed by atoms with E-state index >= 15 is 0 Å². The molecule has 13 heteroatoms. The summed E-state index contributed by atoms with van der Waals surface area (Å²) < 4.78 is 0. The molecule has 0 bridgehead atoms. The van der Waals surface area contributed by atoms with Crippen molar-refractivity contribution in [2.45, 2.75) is 251 Å². The lowest BCUT2D eigenvalue weighted by Crippen LogP contribution is -2.16. The van der Waals surface area contributed by atoms with Crippen LogP contribution in [0.4, 0.5) is 0 Å². The number of nitrogens with zero attached hydrogens (tertiary/aromatic N) is 13. The van der Waals surface area contributed by atoms with Crippen LogP contribution in [0.15, 0.2) is 116 Å². The lowest BCUT2D eigenvalue weighted by atomic mass is 9.86. The van der Waals surface area contributed by atoms with Gasteiger partial charge in [-0.1, -0.05) is 190 Å². The molecule has 0 fully saturated rings. The molecule has 484 valence electrons. The Labute approximate surface area is 545 Å². The SMILES string of the molecule is C#Cc1cc(C(C)(C)C)ncn1.C#Cc1ccnc(C(C)(C)C)n1.Cc1cc(C(C)(C)C)ccn1.Cc1cc(C(C)(C)C)ncn1.Cc1cccc(C(C)(C)C)n1.Cc1ccnc(C(C)(C)C)n1.Cc1nccc(C(C)(C)C)n1.Cc1ncccc1C(C)(C)C. The van der Waals surface area contributed by atoms with E-state index in [0.29, 0.717) is 11.4 Å². The molecule has 0 saturated heterocycles. The molecule has 0 spiro atoms. The second kappa shape index (κ2) is 34.8. The van der Waals surface area contributed by atoms with E-state index in [-0.39, 0.29) is 43.3 Å². The van der Waals surface area contributed by atoms with Gasteiger partial charge in [0.05, 0.1) is 5.69 Å². The number of rotatable bonds is 0. The fourth-order valence-electron chi connectivity index (χ4n) is 7.45. The van der Waals surface area contributed by atoms with Crippen molar-refractivity contribution in [3.05, 3.63) is 208 Å². The highest BCUT2D eigenvalue weighted by Gasteiger charge is 2.21. The Balaban J connectivity index is 0.000000514. The van der Waals surface area contributed by atoms with Crippen LogP contribution >= 0.6 is 0 Å². The van der Waals surface area contributed by atoms with Gasteiger partial charge in [-0.05, 0) is 124 Å². The van der Waals surface area contributed by atoms with Crippen LogP contribution in [-0.2, 0) is 43.3 Å². The van der Waals surface area contributed by atoms with Crippen molar-refractivity contribution in [1.82, 2.24) is 64.8 Å². The fourth-order valence-corrected chi connectivity index (χ4v) is 7.45. The average molecular weight is 1220 g/mol. The maximum Gasteiger partial charge on any atom is 0.135 e. The molecule has 0 aromatic carbocycles. The standard InChI is InChI=1S/2C10H12N2.3C10H15N.3C9H14N2/c1-5-8-6-9(10(2,3)4)12-7-11-8;1-5-8-6-7-11-9(12-8)10(2,3)4;1-8-7-9(5-6-11-8)10(2,3)4;1-8-9(10(2,3)4)6-5-7-11-8;1-8-6-5-7-9(11-8)10(2,3)4;1-7-5-8(9(2,3)4)11-6-10-7;1-7-10-6-5-8(11-7)9(2,3)4;1-7-5-6-10-8(11-7)9(2,3)4/h2*1,6-7H,2-4H3;3*5-7H,1-4H3;3*5-6H,1-4H3. The number of hydrogen-bond acceptors (Lipinski definition) is 13. The van der Waals surface area contributed by atoms with Crippen molar-refractivity contribution < 1.29 is 0 Å².